The summed E-state index contributed by atoms with van der Waals surface area (Å²) in [5.74, 6) is 0.526. The van der Waals surface area contributed by atoms with E-state index >= 15 is 0 Å². The second-order valence-electron chi connectivity index (χ2n) is 13.2. The Kier molecular flexibility index (Phi) is 6.13. The molecule has 7 rings (SSSR count). The van der Waals surface area contributed by atoms with Gasteiger partial charge >= 0.3 is 0 Å². The molecule has 0 radical (unpaired) electrons. The first-order valence-corrected chi connectivity index (χ1v) is 18.3. The fraction of sp³-hybridized carbons (Fsp3) is 0.282. The zero-order valence-corrected chi connectivity index (χ0v) is 25.6. The Bertz CT molecular complexity index is 1670. The van der Waals surface area contributed by atoms with Crippen LogP contribution in [-0.4, -0.2) is 8.07 Å². The van der Waals surface area contributed by atoms with E-state index in [-0.39, 0.29) is 0 Å². The summed E-state index contributed by atoms with van der Waals surface area (Å²) in [4.78, 5) is 0. The lowest BCUT2D eigenvalue weighted by Gasteiger charge is -2.40. The molecule has 0 heterocycles. The predicted octanol–water partition coefficient (Wildman–Crippen LogP) is 10.6. The molecular weight excluding hydrogens is 497 g/mol. The highest BCUT2D eigenvalue weighted by atomic mass is 28.3. The maximum atomic E-state index is 2.69. The van der Waals surface area contributed by atoms with Crippen LogP contribution in [-0.2, 0) is 12.8 Å². The van der Waals surface area contributed by atoms with Gasteiger partial charge in [-0.1, -0.05) is 135 Å². The fourth-order valence-electron chi connectivity index (χ4n) is 8.45. The second-order valence-corrected chi connectivity index (χ2v) is 18.0. The molecule has 2 unspecified atom stereocenters. The van der Waals surface area contributed by atoms with Crippen molar-refractivity contribution in [1.29, 1.82) is 0 Å². The SMILES string of the molecule is CC1=Cc2c(cc3c(c2-c2ccccc2)CCC3)C1[Si](C)(C)C1C(C(C)C)=Cc2c(-c3ccccc3)cccc21. The molecule has 200 valence electrons. The van der Waals surface area contributed by atoms with E-state index in [2.05, 4.69) is 131 Å². The van der Waals surface area contributed by atoms with Gasteiger partial charge < -0.3 is 0 Å². The van der Waals surface area contributed by atoms with Crippen LogP contribution >= 0.6 is 0 Å². The number of hydrogen-bond donors (Lipinski definition) is 0. The highest BCUT2D eigenvalue weighted by Crippen LogP contribution is 2.56. The molecule has 3 aliphatic rings. The first-order chi connectivity index (χ1) is 19.4. The summed E-state index contributed by atoms with van der Waals surface area (Å²) >= 11 is 0. The topological polar surface area (TPSA) is 0 Å². The molecule has 0 saturated heterocycles. The van der Waals surface area contributed by atoms with Gasteiger partial charge in [0.1, 0.15) is 0 Å². The summed E-state index contributed by atoms with van der Waals surface area (Å²) in [5, 5.41) is 0. The van der Waals surface area contributed by atoms with Gasteiger partial charge in [-0.2, -0.15) is 0 Å². The third-order valence-corrected chi connectivity index (χ3v) is 14.4. The van der Waals surface area contributed by atoms with Gasteiger partial charge in [0.2, 0.25) is 0 Å². The minimum Gasteiger partial charge on any atom is -0.0679 e. The van der Waals surface area contributed by atoms with E-state index in [1.807, 2.05) is 0 Å². The maximum absolute atomic E-state index is 2.69. The van der Waals surface area contributed by atoms with Crippen LogP contribution in [0.2, 0.25) is 13.1 Å². The first kappa shape index (κ1) is 25.5. The van der Waals surface area contributed by atoms with Crippen LogP contribution in [0.5, 0.6) is 0 Å². The maximum Gasteiger partial charge on any atom is 0.0722 e. The number of fused-ring (bicyclic) bond motifs is 3. The Morgan fingerprint density at radius 2 is 1.40 bits per heavy atom. The lowest BCUT2D eigenvalue weighted by Crippen LogP contribution is -2.43. The van der Waals surface area contributed by atoms with Crippen molar-refractivity contribution in [3.63, 3.8) is 0 Å². The number of aryl methyl sites for hydroxylation is 1. The summed E-state index contributed by atoms with van der Waals surface area (Å²) in [6, 6.07) is 31.9. The van der Waals surface area contributed by atoms with Gasteiger partial charge in [0.15, 0.2) is 0 Å². The van der Waals surface area contributed by atoms with Crippen molar-refractivity contribution >= 4 is 20.2 Å². The normalized spacial score (nSPS) is 19.4. The van der Waals surface area contributed by atoms with E-state index in [9.17, 15) is 0 Å². The first-order valence-electron chi connectivity index (χ1n) is 15.2. The molecule has 0 bridgehead atoms. The van der Waals surface area contributed by atoms with Crippen LogP contribution in [0.15, 0.2) is 96.1 Å². The third kappa shape index (κ3) is 3.85. The monoisotopic (exact) mass is 536 g/mol. The summed E-state index contributed by atoms with van der Waals surface area (Å²) < 4.78 is 0. The van der Waals surface area contributed by atoms with E-state index < -0.39 is 8.07 Å². The number of allylic oxidation sites excluding steroid dienone is 2. The lowest BCUT2D eigenvalue weighted by atomic mass is 9.89. The van der Waals surface area contributed by atoms with E-state index in [4.69, 9.17) is 0 Å². The van der Waals surface area contributed by atoms with Crippen LogP contribution in [0.4, 0.5) is 0 Å². The third-order valence-electron chi connectivity index (χ3n) is 10.0. The number of rotatable bonds is 5. The molecule has 2 atom stereocenters. The Morgan fingerprint density at radius 3 is 2.10 bits per heavy atom. The second kappa shape index (κ2) is 9.60. The Morgan fingerprint density at radius 1 is 0.700 bits per heavy atom. The molecule has 4 aromatic carbocycles. The molecule has 0 spiro atoms. The standard InChI is InChI=1S/C39H40Si/c1-25(2)33-24-34-30(27-14-8-6-9-15-27)19-13-21-32(34)39(33)40(4,5)38-26(3)22-35-36(38)23-29-18-12-20-31(29)37(35)28-16-10-7-11-17-28/h6-11,13-17,19,21-25,38-39H,12,18,20H2,1-5H3. The van der Waals surface area contributed by atoms with Crippen molar-refractivity contribution in [1.82, 2.24) is 0 Å². The van der Waals surface area contributed by atoms with Crippen molar-refractivity contribution in [3.8, 4) is 22.3 Å². The molecule has 0 fully saturated rings. The molecule has 0 amide bonds. The predicted molar refractivity (Wildman–Crippen MR) is 175 cm³/mol. The molecule has 0 nitrogen and oxygen atoms in total. The summed E-state index contributed by atoms with van der Waals surface area (Å²) in [5.41, 5.74) is 19.2. The van der Waals surface area contributed by atoms with Crippen LogP contribution < -0.4 is 0 Å². The van der Waals surface area contributed by atoms with Crippen molar-refractivity contribution in [2.75, 3.05) is 0 Å². The average molecular weight is 537 g/mol. The van der Waals surface area contributed by atoms with Crippen molar-refractivity contribution in [2.45, 2.75) is 64.2 Å². The number of benzene rings is 4. The summed E-state index contributed by atoms with van der Waals surface area (Å²) in [6.07, 6.45) is 8.87. The van der Waals surface area contributed by atoms with Gasteiger partial charge in [0.25, 0.3) is 0 Å². The van der Waals surface area contributed by atoms with Gasteiger partial charge in [-0.05, 0) is 87.7 Å². The summed E-state index contributed by atoms with van der Waals surface area (Å²) in [6.45, 7) is 12.6. The van der Waals surface area contributed by atoms with E-state index in [1.54, 1.807) is 33.4 Å². The van der Waals surface area contributed by atoms with Gasteiger partial charge in [-0.15, -0.1) is 0 Å². The zero-order chi connectivity index (χ0) is 27.6. The number of hydrogen-bond acceptors (Lipinski definition) is 0. The Balaban J connectivity index is 1.40. The average Bonchev–Trinajstić information content (AvgIpc) is 3.67. The van der Waals surface area contributed by atoms with Crippen molar-refractivity contribution in [2.24, 2.45) is 5.92 Å². The van der Waals surface area contributed by atoms with E-state index in [1.165, 1.54) is 52.6 Å². The fourth-order valence-corrected chi connectivity index (χ4v) is 13.4. The van der Waals surface area contributed by atoms with Crippen molar-refractivity contribution in [3.05, 3.63) is 129 Å². The highest BCUT2D eigenvalue weighted by molar-refractivity contribution is 6.81. The van der Waals surface area contributed by atoms with Crippen LogP contribution in [0, 0.1) is 5.92 Å². The molecular formula is C39H40Si. The molecule has 1 heteroatoms. The Labute approximate surface area is 241 Å². The lowest BCUT2D eigenvalue weighted by molar-refractivity contribution is 0.731. The van der Waals surface area contributed by atoms with E-state index in [0.29, 0.717) is 17.0 Å². The molecule has 0 saturated carbocycles. The van der Waals surface area contributed by atoms with Crippen molar-refractivity contribution < 1.29 is 0 Å². The quantitative estimate of drug-likeness (QED) is 0.223. The zero-order valence-electron chi connectivity index (χ0n) is 24.6. The minimum absolute atomic E-state index is 0.513. The van der Waals surface area contributed by atoms with Gasteiger partial charge in [-0.3, -0.25) is 0 Å². The Hall–Kier alpha value is -3.42. The van der Waals surface area contributed by atoms with Gasteiger partial charge in [-0.25, -0.2) is 0 Å². The molecule has 40 heavy (non-hydrogen) atoms. The molecule has 0 aromatic heterocycles. The highest BCUT2D eigenvalue weighted by Gasteiger charge is 2.49. The smallest absolute Gasteiger partial charge is 0.0679 e. The molecule has 0 aliphatic heterocycles. The molecule has 0 N–H and O–H groups in total. The molecule has 4 aromatic rings. The minimum atomic E-state index is -1.95. The molecule has 3 aliphatic carbocycles. The van der Waals surface area contributed by atoms with Crippen LogP contribution in [0.3, 0.4) is 0 Å². The van der Waals surface area contributed by atoms with Gasteiger partial charge in [0.05, 0.1) is 8.07 Å². The summed E-state index contributed by atoms with van der Waals surface area (Å²) in [7, 11) is -1.95. The van der Waals surface area contributed by atoms with Crippen LogP contribution in [0.25, 0.3) is 34.4 Å². The van der Waals surface area contributed by atoms with Crippen LogP contribution in [0.1, 0.15) is 71.7 Å². The van der Waals surface area contributed by atoms with Gasteiger partial charge in [0, 0.05) is 11.1 Å². The van der Waals surface area contributed by atoms with E-state index in [0.717, 1.165) is 0 Å². The largest absolute Gasteiger partial charge is 0.0722 e.